The monoisotopic (exact) mass is 456 g/mol. The molecule has 29 heavy (non-hydrogen) atoms. The lowest BCUT2D eigenvalue weighted by Crippen LogP contribution is -2.51. The van der Waals surface area contributed by atoms with E-state index in [1.165, 1.54) is 39.5 Å². The number of piperazine rings is 1. The molecule has 154 valence electrons. The van der Waals surface area contributed by atoms with Gasteiger partial charge in [-0.1, -0.05) is 41.4 Å². The van der Waals surface area contributed by atoms with Crippen LogP contribution in [0.2, 0.25) is 10.0 Å². The molecule has 1 saturated heterocycles. The summed E-state index contributed by atoms with van der Waals surface area (Å²) < 4.78 is 31.6. The van der Waals surface area contributed by atoms with Gasteiger partial charge in [-0.2, -0.15) is 4.31 Å². The summed E-state index contributed by atoms with van der Waals surface area (Å²) in [6.07, 6.45) is 0. The van der Waals surface area contributed by atoms with Crippen LogP contribution in [-0.2, 0) is 19.6 Å². The lowest BCUT2D eigenvalue weighted by Gasteiger charge is -2.33. The van der Waals surface area contributed by atoms with Crippen molar-refractivity contribution in [2.75, 3.05) is 32.8 Å². The number of hydrogen-bond acceptors (Lipinski definition) is 5. The van der Waals surface area contributed by atoms with E-state index in [1.54, 1.807) is 18.2 Å². The minimum absolute atomic E-state index is 0.147. The van der Waals surface area contributed by atoms with Crippen LogP contribution in [0.4, 0.5) is 0 Å². The van der Waals surface area contributed by atoms with Crippen molar-refractivity contribution >= 4 is 45.1 Å². The molecule has 1 heterocycles. The van der Waals surface area contributed by atoms with E-state index in [4.69, 9.17) is 27.9 Å². The van der Waals surface area contributed by atoms with Crippen LogP contribution in [0.3, 0.4) is 0 Å². The van der Waals surface area contributed by atoms with Crippen LogP contribution < -0.4 is 0 Å². The van der Waals surface area contributed by atoms with Gasteiger partial charge in [0, 0.05) is 36.2 Å². The third-order valence-electron chi connectivity index (χ3n) is 4.40. The zero-order valence-electron chi connectivity index (χ0n) is 15.3. The minimum Gasteiger partial charge on any atom is -0.452 e. The van der Waals surface area contributed by atoms with Gasteiger partial charge in [-0.3, -0.25) is 4.79 Å². The topological polar surface area (TPSA) is 84.0 Å². The van der Waals surface area contributed by atoms with Gasteiger partial charge in [0.05, 0.1) is 10.5 Å². The van der Waals surface area contributed by atoms with Gasteiger partial charge >= 0.3 is 5.97 Å². The molecule has 7 nitrogen and oxygen atoms in total. The largest absolute Gasteiger partial charge is 0.452 e. The van der Waals surface area contributed by atoms with Gasteiger partial charge in [-0.15, -0.1) is 0 Å². The van der Waals surface area contributed by atoms with Crippen LogP contribution in [0.25, 0.3) is 0 Å². The molecule has 0 N–H and O–H groups in total. The maximum Gasteiger partial charge on any atom is 0.338 e. The number of halogens is 2. The zero-order valence-corrected chi connectivity index (χ0v) is 17.6. The molecule has 0 aromatic heterocycles. The van der Waals surface area contributed by atoms with Crippen LogP contribution in [-0.4, -0.2) is 62.3 Å². The van der Waals surface area contributed by atoms with E-state index >= 15 is 0 Å². The molecule has 0 unspecified atom stereocenters. The molecule has 2 aromatic carbocycles. The Morgan fingerprint density at radius 3 is 2.10 bits per heavy atom. The van der Waals surface area contributed by atoms with Gasteiger partial charge in [0.15, 0.2) is 6.61 Å². The van der Waals surface area contributed by atoms with Crippen molar-refractivity contribution in [2.24, 2.45) is 0 Å². The first-order valence-corrected chi connectivity index (χ1v) is 10.9. The summed E-state index contributed by atoms with van der Waals surface area (Å²) in [6.45, 7) is 0.312. The van der Waals surface area contributed by atoms with E-state index < -0.39 is 28.5 Å². The van der Waals surface area contributed by atoms with Crippen molar-refractivity contribution in [1.82, 2.24) is 9.21 Å². The molecule has 0 spiro atoms. The number of sulfonamides is 1. The van der Waals surface area contributed by atoms with E-state index in [-0.39, 0.29) is 46.7 Å². The number of hydrogen-bond donors (Lipinski definition) is 0. The third kappa shape index (κ3) is 5.27. The summed E-state index contributed by atoms with van der Waals surface area (Å²) >= 11 is 11.7. The molecular weight excluding hydrogens is 439 g/mol. The number of benzene rings is 2. The first-order valence-electron chi connectivity index (χ1n) is 8.73. The predicted molar refractivity (Wildman–Crippen MR) is 109 cm³/mol. The summed E-state index contributed by atoms with van der Waals surface area (Å²) in [5.74, 6) is -1.11. The van der Waals surface area contributed by atoms with Crippen molar-refractivity contribution in [3.8, 4) is 0 Å². The fourth-order valence-electron chi connectivity index (χ4n) is 2.89. The van der Waals surface area contributed by atoms with Gasteiger partial charge in [-0.25, -0.2) is 13.2 Å². The van der Waals surface area contributed by atoms with Gasteiger partial charge in [0.1, 0.15) is 0 Å². The summed E-state index contributed by atoms with van der Waals surface area (Å²) in [7, 11) is -3.60. The summed E-state index contributed by atoms with van der Waals surface area (Å²) in [4.78, 5) is 26.1. The minimum atomic E-state index is -3.60. The van der Waals surface area contributed by atoms with Crippen molar-refractivity contribution in [1.29, 1.82) is 0 Å². The second-order valence-electron chi connectivity index (χ2n) is 6.33. The number of amides is 1. The van der Waals surface area contributed by atoms with E-state index in [0.29, 0.717) is 0 Å². The number of carbonyl (C=O) groups is 2. The molecule has 0 radical (unpaired) electrons. The van der Waals surface area contributed by atoms with Gasteiger partial charge in [-0.05, 0) is 30.3 Å². The standard InChI is InChI=1S/C19H18Cl2N2O5S/c20-15-10-14(11-16(21)12-15)19(25)28-13-18(24)22-6-8-23(9-7-22)29(26,27)17-4-2-1-3-5-17/h1-5,10-12H,6-9,13H2. The predicted octanol–water partition coefficient (Wildman–Crippen LogP) is 2.68. The molecule has 0 bridgehead atoms. The fraction of sp³-hybridized carbons (Fsp3) is 0.263. The number of carbonyl (C=O) groups excluding carboxylic acids is 2. The maximum absolute atomic E-state index is 12.6. The van der Waals surface area contributed by atoms with Crippen LogP contribution >= 0.6 is 23.2 Å². The third-order valence-corrected chi connectivity index (χ3v) is 6.75. The summed E-state index contributed by atoms with van der Waals surface area (Å²) in [5, 5.41) is 0.568. The zero-order chi connectivity index (χ0) is 21.0. The fourth-order valence-corrected chi connectivity index (χ4v) is 4.86. The quantitative estimate of drug-likeness (QED) is 0.645. The van der Waals surface area contributed by atoms with Crippen LogP contribution in [0, 0.1) is 0 Å². The Morgan fingerprint density at radius 2 is 1.52 bits per heavy atom. The molecule has 0 saturated carbocycles. The van der Waals surface area contributed by atoms with E-state index in [9.17, 15) is 18.0 Å². The van der Waals surface area contributed by atoms with Gasteiger partial charge in [0.25, 0.3) is 5.91 Å². The Kier molecular flexibility index (Phi) is 6.79. The van der Waals surface area contributed by atoms with Crippen molar-refractivity contribution in [3.05, 3.63) is 64.1 Å². The average molecular weight is 457 g/mol. The van der Waals surface area contributed by atoms with Crippen molar-refractivity contribution in [2.45, 2.75) is 4.90 Å². The Labute approximate surface area is 178 Å². The second kappa shape index (κ2) is 9.13. The Bertz CT molecular complexity index is 986. The molecule has 10 heteroatoms. The van der Waals surface area contributed by atoms with Crippen LogP contribution in [0.1, 0.15) is 10.4 Å². The maximum atomic E-state index is 12.6. The summed E-state index contributed by atoms with van der Waals surface area (Å²) in [6, 6.07) is 12.4. The first kappa shape index (κ1) is 21.6. The molecule has 0 aliphatic carbocycles. The second-order valence-corrected chi connectivity index (χ2v) is 9.14. The molecule has 1 aliphatic rings. The van der Waals surface area contributed by atoms with E-state index in [1.807, 2.05) is 0 Å². The highest BCUT2D eigenvalue weighted by Gasteiger charge is 2.30. The highest BCUT2D eigenvalue weighted by atomic mass is 35.5. The molecular formula is C19H18Cl2N2O5S. The van der Waals surface area contributed by atoms with Crippen molar-refractivity contribution in [3.63, 3.8) is 0 Å². The lowest BCUT2D eigenvalue weighted by molar-refractivity contribution is -0.135. The van der Waals surface area contributed by atoms with E-state index in [2.05, 4.69) is 0 Å². The number of esters is 1. The number of ether oxygens (including phenoxy) is 1. The van der Waals surface area contributed by atoms with Gasteiger partial charge in [0.2, 0.25) is 10.0 Å². The number of rotatable bonds is 5. The number of nitrogens with zero attached hydrogens (tertiary/aromatic N) is 2. The van der Waals surface area contributed by atoms with Gasteiger partial charge < -0.3 is 9.64 Å². The first-order chi connectivity index (χ1) is 13.8. The molecule has 1 fully saturated rings. The Balaban J connectivity index is 1.53. The molecule has 3 rings (SSSR count). The Hall–Kier alpha value is -2.13. The SMILES string of the molecule is O=C(OCC(=O)N1CCN(S(=O)(=O)c2ccccc2)CC1)c1cc(Cl)cc(Cl)c1. The highest BCUT2D eigenvalue weighted by Crippen LogP contribution is 2.20. The average Bonchev–Trinajstić information content (AvgIpc) is 2.71. The highest BCUT2D eigenvalue weighted by molar-refractivity contribution is 7.89. The normalized spacial score (nSPS) is 15.2. The smallest absolute Gasteiger partial charge is 0.338 e. The van der Waals surface area contributed by atoms with Crippen LogP contribution in [0.15, 0.2) is 53.4 Å². The lowest BCUT2D eigenvalue weighted by atomic mass is 10.2. The summed E-state index contributed by atoms with van der Waals surface area (Å²) in [5.41, 5.74) is 0.147. The molecule has 0 atom stereocenters. The molecule has 1 amide bonds. The van der Waals surface area contributed by atoms with E-state index in [0.717, 1.165) is 0 Å². The van der Waals surface area contributed by atoms with Crippen molar-refractivity contribution < 1.29 is 22.7 Å². The molecule has 2 aromatic rings. The molecule has 1 aliphatic heterocycles. The Morgan fingerprint density at radius 1 is 0.931 bits per heavy atom. The van der Waals surface area contributed by atoms with Crippen LogP contribution in [0.5, 0.6) is 0 Å².